The lowest BCUT2D eigenvalue weighted by Crippen LogP contribution is -2.37. The Morgan fingerprint density at radius 1 is 1.33 bits per heavy atom. The molecule has 0 heterocycles. The molecule has 0 unspecified atom stereocenters. The summed E-state index contributed by atoms with van der Waals surface area (Å²) in [6, 6.07) is 1.58. The van der Waals surface area contributed by atoms with Crippen molar-refractivity contribution in [2.45, 2.75) is 19.9 Å². The van der Waals surface area contributed by atoms with Crippen LogP contribution in [0.15, 0.2) is 12.1 Å². The minimum Gasteiger partial charge on any atom is -0.397 e. The van der Waals surface area contributed by atoms with Gasteiger partial charge in [-0.2, -0.15) is 12.7 Å². The minimum atomic E-state index is -3.98. The fraction of sp³-hybridized carbons (Fsp3) is 0.400. The Kier molecular flexibility index (Phi) is 4.12. The number of benzene rings is 1. The average molecular weight is 279 g/mol. The molecule has 3 N–H and O–H groups in total. The minimum absolute atomic E-state index is 0.186. The third-order valence-corrected chi connectivity index (χ3v) is 4.11. The van der Waals surface area contributed by atoms with Gasteiger partial charge < -0.3 is 5.73 Å². The summed E-state index contributed by atoms with van der Waals surface area (Å²) in [5.41, 5.74) is 4.66. The van der Waals surface area contributed by atoms with Crippen LogP contribution in [0.3, 0.4) is 0 Å². The molecule has 0 radical (unpaired) electrons. The zero-order valence-corrected chi connectivity index (χ0v) is 11.1. The first-order chi connectivity index (χ1) is 8.16. The van der Waals surface area contributed by atoms with Gasteiger partial charge in [-0.1, -0.05) is 0 Å². The molecule has 1 aromatic rings. The van der Waals surface area contributed by atoms with Crippen LogP contribution in [0.5, 0.6) is 0 Å². The Morgan fingerprint density at radius 2 is 1.89 bits per heavy atom. The van der Waals surface area contributed by atoms with E-state index in [-0.39, 0.29) is 11.7 Å². The van der Waals surface area contributed by atoms with Crippen LogP contribution in [0.1, 0.15) is 13.8 Å². The predicted octanol–water partition coefficient (Wildman–Crippen LogP) is 1.54. The van der Waals surface area contributed by atoms with E-state index in [1.54, 1.807) is 13.8 Å². The number of nitrogens with one attached hydrogen (secondary N) is 1. The molecule has 1 aromatic carbocycles. The summed E-state index contributed by atoms with van der Waals surface area (Å²) in [7, 11) is -2.66. The number of nitrogen functional groups attached to an aromatic ring is 1. The van der Waals surface area contributed by atoms with Gasteiger partial charge in [0.15, 0.2) is 11.6 Å². The van der Waals surface area contributed by atoms with Crippen molar-refractivity contribution in [2.24, 2.45) is 0 Å². The van der Waals surface area contributed by atoms with E-state index < -0.39 is 27.5 Å². The molecule has 0 saturated heterocycles. The van der Waals surface area contributed by atoms with E-state index >= 15 is 0 Å². The first-order valence-electron chi connectivity index (χ1n) is 5.16. The monoisotopic (exact) mass is 279 g/mol. The second-order valence-corrected chi connectivity index (χ2v) is 5.77. The SMILES string of the molecule is CC(C)N(C)S(=O)(=O)Nc1c(N)ccc(F)c1F. The van der Waals surface area contributed by atoms with Crippen LogP contribution in [-0.4, -0.2) is 25.8 Å². The number of rotatable bonds is 4. The zero-order chi connectivity index (χ0) is 14.1. The van der Waals surface area contributed by atoms with E-state index in [1.165, 1.54) is 7.05 Å². The smallest absolute Gasteiger partial charge is 0.301 e. The second-order valence-electron chi connectivity index (χ2n) is 4.04. The summed E-state index contributed by atoms with van der Waals surface area (Å²) in [4.78, 5) is 0. The molecule has 0 amide bonds. The fourth-order valence-electron chi connectivity index (χ4n) is 1.15. The third-order valence-electron chi connectivity index (χ3n) is 2.46. The van der Waals surface area contributed by atoms with E-state index in [2.05, 4.69) is 0 Å². The molecular formula is C10H15F2N3O2S. The van der Waals surface area contributed by atoms with Crippen molar-refractivity contribution < 1.29 is 17.2 Å². The molecule has 0 saturated carbocycles. The molecule has 0 aliphatic rings. The largest absolute Gasteiger partial charge is 0.397 e. The maximum atomic E-state index is 13.5. The Balaban J connectivity index is 3.17. The number of halogens is 2. The average Bonchev–Trinajstić information content (AvgIpc) is 2.28. The standard InChI is InChI=1S/C10H15F2N3O2S/c1-6(2)15(3)18(16,17)14-10-8(13)5-4-7(11)9(10)12/h4-6,14H,13H2,1-3H3. The number of anilines is 2. The molecule has 1 rings (SSSR count). The summed E-state index contributed by atoms with van der Waals surface area (Å²) in [5, 5.41) is 0. The number of nitrogens with zero attached hydrogens (tertiary/aromatic N) is 1. The maximum absolute atomic E-state index is 13.5. The summed E-state index contributed by atoms with van der Waals surface area (Å²) in [6.45, 7) is 3.29. The van der Waals surface area contributed by atoms with Gasteiger partial charge in [0, 0.05) is 13.1 Å². The van der Waals surface area contributed by atoms with Gasteiger partial charge in [0.05, 0.1) is 5.69 Å². The van der Waals surface area contributed by atoms with Crippen LogP contribution in [0, 0.1) is 11.6 Å². The quantitative estimate of drug-likeness (QED) is 0.821. The second kappa shape index (κ2) is 5.07. The lowest BCUT2D eigenvalue weighted by atomic mass is 10.2. The molecule has 0 spiro atoms. The number of hydrogen-bond acceptors (Lipinski definition) is 3. The normalized spacial score (nSPS) is 12.2. The molecule has 0 atom stereocenters. The van der Waals surface area contributed by atoms with Crippen LogP contribution in [0.2, 0.25) is 0 Å². The van der Waals surface area contributed by atoms with Gasteiger partial charge >= 0.3 is 10.2 Å². The lowest BCUT2D eigenvalue weighted by Gasteiger charge is -2.22. The fourth-order valence-corrected chi connectivity index (χ4v) is 2.31. The van der Waals surface area contributed by atoms with Crippen LogP contribution in [0.4, 0.5) is 20.2 Å². The third kappa shape index (κ3) is 2.88. The molecule has 5 nitrogen and oxygen atoms in total. The summed E-state index contributed by atoms with van der Waals surface area (Å²) >= 11 is 0. The Morgan fingerprint density at radius 3 is 2.39 bits per heavy atom. The highest BCUT2D eigenvalue weighted by molar-refractivity contribution is 7.90. The van der Waals surface area contributed by atoms with Crippen LogP contribution in [-0.2, 0) is 10.2 Å². The molecule has 102 valence electrons. The van der Waals surface area contributed by atoms with E-state index in [1.807, 2.05) is 4.72 Å². The van der Waals surface area contributed by atoms with Crippen molar-refractivity contribution in [2.75, 3.05) is 17.5 Å². The number of nitrogens with two attached hydrogens (primary N) is 1. The van der Waals surface area contributed by atoms with Gasteiger partial charge in [-0.25, -0.2) is 8.78 Å². The van der Waals surface area contributed by atoms with Gasteiger partial charge in [0.1, 0.15) is 5.69 Å². The molecule has 0 fully saturated rings. The van der Waals surface area contributed by atoms with Crippen molar-refractivity contribution in [3.8, 4) is 0 Å². The molecular weight excluding hydrogens is 264 g/mol. The van der Waals surface area contributed by atoms with Gasteiger partial charge in [0.2, 0.25) is 0 Å². The topological polar surface area (TPSA) is 75.4 Å². The summed E-state index contributed by atoms with van der Waals surface area (Å²) < 4.78 is 53.0. The maximum Gasteiger partial charge on any atom is 0.301 e. The van der Waals surface area contributed by atoms with E-state index in [9.17, 15) is 17.2 Å². The van der Waals surface area contributed by atoms with Crippen LogP contribution in [0.25, 0.3) is 0 Å². The predicted molar refractivity (Wildman–Crippen MR) is 66.2 cm³/mol. The molecule has 0 aliphatic carbocycles. The Labute approximate surface area is 105 Å². The molecule has 8 heteroatoms. The highest BCUT2D eigenvalue weighted by Gasteiger charge is 2.23. The van der Waals surface area contributed by atoms with Gasteiger partial charge in [-0.05, 0) is 26.0 Å². The van der Waals surface area contributed by atoms with Gasteiger partial charge in [0.25, 0.3) is 0 Å². The number of hydrogen-bond donors (Lipinski definition) is 2. The summed E-state index contributed by atoms with van der Waals surface area (Å²) in [5.74, 6) is -2.50. The van der Waals surface area contributed by atoms with Gasteiger partial charge in [-0.15, -0.1) is 0 Å². The molecule has 0 aromatic heterocycles. The zero-order valence-electron chi connectivity index (χ0n) is 10.2. The van der Waals surface area contributed by atoms with Crippen molar-refractivity contribution in [3.05, 3.63) is 23.8 Å². The van der Waals surface area contributed by atoms with Crippen LogP contribution >= 0.6 is 0 Å². The van der Waals surface area contributed by atoms with Crippen molar-refractivity contribution in [1.82, 2.24) is 4.31 Å². The lowest BCUT2D eigenvalue weighted by molar-refractivity contribution is 0.414. The van der Waals surface area contributed by atoms with E-state index in [0.29, 0.717) is 0 Å². The molecule has 0 bridgehead atoms. The van der Waals surface area contributed by atoms with Crippen molar-refractivity contribution in [1.29, 1.82) is 0 Å². The highest BCUT2D eigenvalue weighted by Crippen LogP contribution is 2.26. The Hall–Kier alpha value is -1.41. The Bertz CT molecular complexity index is 546. The van der Waals surface area contributed by atoms with Gasteiger partial charge in [-0.3, -0.25) is 4.72 Å². The summed E-state index contributed by atoms with van der Waals surface area (Å²) in [6.07, 6.45) is 0. The van der Waals surface area contributed by atoms with Crippen molar-refractivity contribution >= 4 is 21.6 Å². The van der Waals surface area contributed by atoms with Crippen LogP contribution < -0.4 is 10.5 Å². The van der Waals surface area contributed by atoms with Crippen molar-refractivity contribution in [3.63, 3.8) is 0 Å². The first-order valence-corrected chi connectivity index (χ1v) is 6.60. The molecule has 0 aliphatic heterocycles. The van der Waals surface area contributed by atoms with E-state index in [0.717, 1.165) is 16.4 Å². The highest BCUT2D eigenvalue weighted by atomic mass is 32.2. The first kappa shape index (κ1) is 14.7. The molecule has 18 heavy (non-hydrogen) atoms. The van der Waals surface area contributed by atoms with E-state index in [4.69, 9.17) is 5.73 Å².